The number of thiophene rings is 1. The molecule has 2 aromatic carbocycles. The molecular formula is C28H29ClFN3O2S. The second kappa shape index (κ2) is 10.7. The van der Waals surface area contributed by atoms with E-state index in [0.29, 0.717) is 24.9 Å². The van der Waals surface area contributed by atoms with Crippen molar-refractivity contribution in [1.29, 1.82) is 0 Å². The van der Waals surface area contributed by atoms with Gasteiger partial charge in [-0.25, -0.2) is 4.39 Å². The number of fused-ring (bicyclic) bond motifs is 1. The summed E-state index contributed by atoms with van der Waals surface area (Å²) in [6, 6.07) is 18.2. The molecule has 8 heteroatoms. The Morgan fingerprint density at radius 1 is 1.03 bits per heavy atom. The lowest BCUT2D eigenvalue weighted by Gasteiger charge is -2.25. The van der Waals surface area contributed by atoms with Crippen LogP contribution in [0.5, 0.6) is 0 Å². The van der Waals surface area contributed by atoms with Gasteiger partial charge in [0, 0.05) is 37.6 Å². The molecule has 3 aromatic rings. The first-order chi connectivity index (χ1) is 17.4. The first-order valence-electron chi connectivity index (χ1n) is 12.3. The SMILES string of the molecule is Cc1ccc(C(=O)N[C@@H](CCN2CC3CN(C(=O)c4c(F)cccc4Cl)CC3C2)c2ccccc2)s1. The number of hydrogen-bond acceptors (Lipinski definition) is 4. The molecule has 1 N–H and O–H groups in total. The molecule has 36 heavy (non-hydrogen) atoms. The maximum atomic E-state index is 14.3. The number of halogens is 2. The largest absolute Gasteiger partial charge is 0.344 e. The van der Waals surface area contributed by atoms with Crippen molar-refractivity contribution >= 4 is 34.8 Å². The van der Waals surface area contributed by atoms with Crippen molar-refractivity contribution in [3.05, 3.63) is 92.4 Å². The first kappa shape index (κ1) is 24.9. The van der Waals surface area contributed by atoms with Gasteiger partial charge in [0.05, 0.1) is 21.5 Å². The molecule has 2 unspecified atom stereocenters. The molecule has 2 saturated heterocycles. The summed E-state index contributed by atoms with van der Waals surface area (Å²) in [4.78, 5) is 31.8. The van der Waals surface area contributed by atoms with E-state index in [2.05, 4.69) is 22.3 Å². The summed E-state index contributed by atoms with van der Waals surface area (Å²) >= 11 is 7.62. The third-order valence-corrected chi connectivity index (χ3v) is 8.55. The quantitative estimate of drug-likeness (QED) is 0.448. The van der Waals surface area contributed by atoms with Gasteiger partial charge >= 0.3 is 0 Å². The summed E-state index contributed by atoms with van der Waals surface area (Å²) in [5.41, 5.74) is 1.07. The fourth-order valence-electron chi connectivity index (χ4n) is 5.40. The van der Waals surface area contributed by atoms with Crippen molar-refractivity contribution in [2.75, 3.05) is 32.7 Å². The lowest BCUT2D eigenvalue weighted by molar-refractivity contribution is 0.0769. The highest BCUT2D eigenvalue weighted by molar-refractivity contribution is 7.13. The molecule has 188 valence electrons. The van der Waals surface area contributed by atoms with Crippen LogP contribution in [-0.2, 0) is 0 Å². The third kappa shape index (κ3) is 5.33. The topological polar surface area (TPSA) is 52.7 Å². The number of amides is 2. The molecule has 5 rings (SSSR count). The second-order valence-corrected chi connectivity index (χ2v) is 11.4. The van der Waals surface area contributed by atoms with Gasteiger partial charge in [0.2, 0.25) is 0 Å². The normalized spacial score (nSPS) is 20.4. The fraction of sp³-hybridized carbons (Fsp3) is 0.357. The Balaban J connectivity index is 1.19. The summed E-state index contributed by atoms with van der Waals surface area (Å²) in [6.45, 7) is 5.85. The smallest absolute Gasteiger partial charge is 0.261 e. The number of benzene rings is 2. The first-order valence-corrected chi connectivity index (χ1v) is 13.5. The molecule has 2 aliphatic rings. The van der Waals surface area contributed by atoms with Crippen LogP contribution in [0.25, 0.3) is 0 Å². The molecule has 0 spiro atoms. The van der Waals surface area contributed by atoms with Gasteiger partial charge in [0.25, 0.3) is 11.8 Å². The number of aryl methyl sites for hydroxylation is 1. The van der Waals surface area contributed by atoms with Crippen LogP contribution in [-0.4, -0.2) is 54.3 Å². The van der Waals surface area contributed by atoms with Gasteiger partial charge < -0.3 is 15.1 Å². The van der Waals surface area contributed by atoms with Crippen LogP contribution >= 0.6 is 22.9 Å². The molecule has 3 heterocycles. The van der Waals surface area contributed by atoms with Gasteiger partial charge in [0.1, 0.15) is 5.82 Å². The molecule has 0 bridgehead atoms. The summed E-state index contributed by atoms with van der Waals surface area (Å²) in [6.07, 6.45) is 0.799. The lowest BCUT2D eigenvalue weighted by Crippen LogP contribution is -2.35. The zero-order valence-corrected chi connectivity index (χ0v) is 21.7. The van der Waals surface area contributed by atoms with Crippen LogP contribution in [0.1, 0.15) is 42.9 Å². The molecule has 5 nitrogen and oxygen atoms in total. The monoisotopic (exact) mass is 525 g/mol. The number of nitrogens with zero attached hydrogens (tertiary/aromatic N) is 2. The Morgan fingerprint density at radius 3 is 2.39 bits per heavy atom. The number of likely N-dealkylation sites (tertiary alicyclic amines) is 2. The maximum Gasteiger partial charge on any atom is 0.261 e. The number of carbonyl (C=O) groups is 2. The summed E-state index contributed by atoms with van der Waals surface area (Å²) < 4.78 is 14.3. The van der Waals surface area contributed by atoms with Crippen LogP contribution in [0.15, 0.2) is 60.7 Å². The molecule has 2 amide bonds. The van der Waals surface area contributed by atoms with E-state index < -0.39 is 5.82 Å². The predicted octanol–water partition coefficient (Wildman–Crippen LogP) is 5.41. The van der Waals surface area contributed by atoms with E-state index in [1.54, 1.807) is 11.0 Å². The Kier molecular flexibility index (Phi) is 7.42. The van der Waals surface area contributed by atoms with Gasteiger partial charge in [-0.2, -0.15) is 0 Å². The molecule has 0 radical (unpaired) electrons. The molecule has 0 saturated carbocycles. The lowest BCUT2D eigenvalue weighted by atomic mass is 10.0. The van der Waals surface area contributed by atoms with Crippen LogP contribution in [0.3, 0.4) is 0 Å². The van der Waals surface area contributed by atoms with Crippen LogP contribution < -0.4 is 5.32 Å². The van der Waals surface area contributed by atoms with Crippen molar-refractivity contribution in [3.63, 3.8) is 0 Å². The minimum absolute atomic E-state index is 0.0293. The van der Waals surface area contributed by atoms with E-state index >= 15 is 0 Å². The maximum absolute atomic E-state index is 14.3. The molecule has 2 aliphatic heterocycles. The predicted molar refractivity (Wildman–Crippen MR) is 141 cm³/mol. The van der Waals surface area contributed by atoms with E-state index in [4.69, 9.17) is 11.6 Å². The van der Waals surface area contributed by atoms with E-state index in [1.165, 1.54) is 23.5 Å². The minimum atomic E-state index is -0.571. The van der Waals surface area contributed by atoms with Crippen molar-refractivity contribution in [1.82, 2.24) is 15.1 Å². The molecule has 0 aliphatic carbocycles. The Labute approximate surface area is 219 Å². The van der Waals surface area contributed by atoms with Crippen LogP contribution in [0, 0.1) is 24.6 Å². The second-order valence-electron chi connectivity index (χ2n) is 9.72. The zero-order valence-electron chi connectivity index (χ0n) is 20.1. The number of carbonyl (C=O) groups excluding carboxylic acids is 2. The number of hydrogen-bond donors (Lipinski definition) is 1. The Bertz CT molecular complexity index is 1220. The minimum Gasteiger partial charge on any atom is -0.344 e. The van der Waals surface area contributed by atoms with Gasteiger partial charge in [-0.1, -0.05) is 48.0 Å². The van der Waals surface area contributed by atoms with Crippen molar-refractivity contribution in [2.24, 2.45) is 11.8 Å². The van der Waals surface area contributed by atoms with E-state index in [0.717, 1.165) is 41.4 Å². The highest BCUT2D eigenvalue weighted by atomic mass is 35.5. The van der Waals surface area contributed by atoms with Gasteiger partial charge in [0.15, 0.2) is 0 Å². The average Bonchev–Trinajstić information content (AvgIpc) is 3.57. The van der Waals surface area contributed by atoms with Crippen molar-refractivity contribution in [3.8, 4) is 0 Å². The molecule has 1 aromatic heterocycles. The zero-order chi connectivity index (χ0) is 25.2. The van der Waals surface area contributed by atoms with E-state index in [1.807, 2.05) is 37.3 Å². The Hall–Kier alpha value is -2.74. The van der Waals surface area contributed by atoms with Crippen LogP contribution in [0.2, 0.25) is 5.02 Å². The molecular weight excluding hydrogens is 497 g/mol. The number of rotatable bonds is 7. The van der Waals surface area contributed by atoms with E-state index in [-0.39, 0.29) is 28.4 Å². The number of nitrogens with one attached hydrogen (secondary N) is 1. The standard InChI is InChI=1S/C28H29ClFN3O2S/c1-18-10-11-25(36-18)27(34)31-24(19-6-3-2-4-7-19)12-13-32-14-20-16-33(17-21(20)15-32)28(35)26-22(29)8-5-9-23(26)30/h2-11,20-21,24H,12-17H2,1H3,(H,31,34)/t20?,21?,24-/m0/s1. The van der Waals surface area contributed by atoms with Gasteiger partial charge in [-0.3, -0.25) is 9.59 Å². The van der Waals surface area contributed by atoms with Crippen molar-refractivity contribution < 1.29 is 14.0 Å². The van der Waals surface area contributed by atoms with Crippen LogP contribution in [0.4, 0.5) is 4.39 Å². The average molecular weight is 526 g/mol. The molecule has 3 atom stereocenters. The van der Waals surface area contributed by atoms with Gasteiger partial charge in [-0.05, 0) is 55.0 Å². The summed E-state index contributed by atoms with van der Waals surface area (Å²) in [7, 11) is 0. The van der Waals surface area contributed by atoms with E-state index in [9.17, 15) is 14.0 Å². The highest BCUT2D eigenvalue weighted by Gasteiger charge is 2.42. The van der Waals surface area contributed by atoms with Gasteiger partial charge in [-0.15, -0.1) is 11.3 Å². The summed E-state index contributed by atoms with van der Waals surface area (Å²) in [5, 5.41) is 3.39. The third-order valence-electron chi connectivity index (χ3n) is 7.23. The fourth-order valence-corrected chi connectivity index (χ4v) is 6.42. The molecule has 2 fully saturated rings. The summed E-state index contributed by atoms with van der Waals surface area (Å²) in [5.74, 6) is -0.217. The van der Waals surface area contributed by atoms with Crippen molar-refractivity contribution in [2.45, 2.75) is 19.4 Å². The highest BCUT2D eigenvalue weighted by Crippen LogP contribution is 2.34. The Morgan fingerprint density at radius 2 is 1.75 bits per heavy atom.